The molecule has 0 aliphatic carbocycles. The summed E-state index contributed by atoms with van der Waals surface area (Å²) in [5.74, 6) is 6.83. The quantitative estimate of drug-likeness (QED) is 0.124. The Balaban J connectivity index is 0.000000217. The predicted octanol–water partition coefficient (Wildman–Crippen LogP) is 10.7. The van der Waals surface area contributed by atoms with Crippen LogP contribution >= 0.6 is 0 Å². The van der Waals surface area contributed by atoms with Gasteiger partial charge in [0.2, 0.25) is 0 Å². The summed E-state index contributed by atoms with van der Waals surface area (Å²) in [6, 6.07) is 39.3. The molecule has 0 saturated heterocycles. The van der Waals surface area contributed by atoms with Crippen LogP contribution in [0.3, 0.4) is 0 Å². The van der Waals surface area contributed by atoms with Crippen molar-refractivity contribution in [3.05, 3.63) is 139 Å². The fraction of sp³-hybridized carbons (Fsp3) is 0.190. The van der Waals surface area contributed by atoms with E-state index in [4.69, 9.17) is 11.3 Å². The molecule has 0 bridgehead atoms. The van der Waals surface area contributed by atoms with Crippen molar-refractivity contribution in [2.45, 2.75) is 44.3 Å². The molecule has 0 saturated carbocycles. The van der Waals surface area contributed by atoms with E-state index in [-0.39, 0.29) is 26.0 Å². The zero-order chi connectivity index (χ0) is 36.6. The third-order valence-corrected chi connectivity index (χ3v) is 12.0. The maximum atomic E-state index is 8.44. The van der Waals surface area contributed by atoms with E-state index in [0.29, 0.717) is 16.8 Å². The predicted molar refractivity (Wildman–Crippen MR) is 196 cm³/mol. The zero-order valence-electron chi connectivity index (χ0n) is 32.2. The van der Waals surface area contributed by atoms with Crippen molar-refractivity contribution in [3.63, 3.8) is 0 Å². The Kier molecular flexibility index (Phi) is 8.97. The molecule has 0 amide bonds. The van der Waals surface area contributed by atoms with Gasteiger partial charge in [0.25, 0.3) is 0 Å². The maximum Gasteiger partial charge on any atom is 0.121 e. The van der Waals surface area contributed by atoms with Crippen LogP contribution in [0, 0.1) is 24.9 Å². The number of pyridine rings is 2. The van der Waals surface area contributed by atoms with Crippen LogP contribution in [-0.4, -0.2) is 23.2 Å². The van der Waals surface area contributed by atoms with E-state index in [1.165, 1.54) is 10.5 Å². The molecule has 5 heteroatoms. The van der Waals surface area contributed by atoms with Gasteiger partial charge in [-0.1, -0.05) is 78.9 Å². The van der Waals surface area contributed by atoms with Crippen molar-refractivity contribution < 1.29 is 31.4 Å². The monoisotopic (exact) mass is 860 g/mol. The number of aryl methyl sites for hydroxylation is 1. The van der Waals surface area contributed by atoms with E-state index in [1.807, 2.05) is 62.5 Å². The fourth-order valence-electron chi connectivity index (χ4n) is 5.31. The van der Waals surface area contributed by atoms with Gasteiger partial charge >= 0.3 is 110 Å². The van der Waals surface area contributed by atoms with Crippen LogP contribution in [0.1, 0.15) is 31.8 Å². The summed E-state index contributed by atoms with van der Waals surface area (Å²) in [6.07, 6.45) is 2.17. The summed E-state index contributed by atoms with van der Waals surface area (Å²) in [5.41, 5.74) is 7.76. The van der Waals surface area contributed by atoms with Gasteiger partial charge in [-0.2, -0.15) is 0 Å². The fourth-order valence-corrected chi connectivity index (χ4v) is 7.49. The molecule has 0 fully saturated rings. The number of nitrogens with zero attached hydrogens (tertiary/aromatic N) is 2. The molecule has 7 aromatic rings. The van der Waals surface area contributed by atoms with Gasteiger partial charge in [0.1, 0.15) is 5.58 Å². The standard InChI is InChI=1S/C27H22NO.C15H18GeN.Ir/c1-18(2)15-19-13-14-28-25(16-19)24-10-6-9-23-22-12-11-21(17-26(22)29-27(23)24)20-7-4-3-5-8-20;1-12-5-7-13(8-6-12)15-10-9-14(11-17-15)16(2,3)4;/h3-9,11-14,16-18H,15H2,1-2H3;5-7,9-11H,1-4H3;/q2*-1;/i15D2;1D3;. The molecule has 239 valence electrons. The van der Waals surface area contributed by atoms with Gasteiger partial charge in [0.15, 0.2) is 0 Å². The number of benzene rings is 4. The Hall–Kier alpha value is -3.83. The molecular formula is C42H40GeIrN2O-2. The van der Waals surface area contributed by atoms with Gasteiger partial charge in [0.05, 0.1) is 5.58 Å². The molecule has 3 aromatic heterocycles. The van der Waals surface area contributed by atoms with Crippen LogP contribution in [0.15, 0.2) is 120 Å². The van der Waals surface area contributed by atoms with Crippen molar-refractivity contribution in [2.75, 3.05) is 0 Å². The van der Waals surface area contributed by atoms with Crippen LogP contribution < -0.4 is 4.40 Å². The summed E-state index contributed by atoms with van der Waals surface area (Å²) in [4.78, 5) is 8.99. The van der Waals surface area contributed by atoms with Crippen LogP contribution in [0.25, 0.3) is 55.6 Å². The Morgan fingerprint density at radius 3 is 2.34 bits per heavy atom. The molecule has 1 radical (unpaired) electrons. The zero-order valence-corrected chi connectivity index (χ0v) is 31.7. The first-order valence-electron chi connectivity index (χ1n) is 18.0. The van der Waals surface area contributed by atoms with E-state index < -0.39 is 26.5 Å². The molecule has 0 atom stereocenters. The smallest absolute Gasteiger partial charge is 0.121 e. The Bertz CT molecular complexity index is 2220. The van der Waals surface area contributed by atoms with Crippen molar-refractivity contribution in [1.29, 1.82) is 0 Å². The molecular weight excluding hydrogens is 813 g/mol. The minimum atomic E-state index is -2.08. The number of aromatic nitrogens is 2. The molecule has 3 heterocycles. The summed E-state index contributed by atoms with van der Waals surface area (Å²) in [6.45, 7) is 1.69. The minimum absolute atomic E-state index is 0. The van der Waals surface area contributed by atoms with Crippen molar-refractivity contribution in [1.82, 2.24) is 9.97 Å². The van der Waals surface area contributed by atoms with Crippen LogP contribution in [0.2, 0.25) is 17.3 Å². The van der Waals surface area contributed by atoms with Gasteiger partial charge in [-0.05, 0) is 41.2 Å². The van der Waals surface area contributed by atoms with Crippen molar-refractivity contribution >= 4 is 39.6 Å². The Morgan fingerprint density at radius 2 is 1.66 bits per heavy atom. The van der Waals surface area contributed by atoms with E-state index in [1.54, 1.807) is 24.4 Å². The number of furan rings is 1. The molecule has 0 N–H and O–H groups in total. The SMILES string of the molecule is [2H]C([2H])([2H])c1c[c-]c(-c2cc[c]([Ge]([CH3])([CH3])[CH3])cn2)cc1.[2H]C([2H])(c1ccnc(-c2[c-]ccc3c2oc2cc(-c4ccccc4)ccc23)c1)C(C)C.[Ir]. The number of hydrogen-bond acceptors (Lipinski definition) is 3. The number of rotatable bonds is 6. The molecule has 4 aromatic carbocycles. The molecule has 0 unspecified atom stereocenters. The van der Waals surface area contributed by atoms with E-state index in [0.717, 1.165) is 49.9 Å². The second-order valence-electron chi connectivity index (χ2n) is 12.7. The van der Waals surface area contributed by atoms with Gasteiger partial charge in [-0.15, -0.1) is 18.2 Å². The molecule has 0 aliphatic heterocycles. The third kappa shape index (κ3) is 8.19. The average molecular weight is 859 g/mol. The Labute approximate surface area is 302 Å². The topological polar surface area (TPSA) is 38.9 Å². The van der Waals surface area contributed by atoms with Gasteiger partial charge in [-0.3, -0.25) is 0 Å². The summed E-state index contributed by atoms with van der Waals surface area (Å²) < 4.78 is 46.6. The first kappa shape index (κ1) is 28.2. The van der Waals surface area contributed by atoms with E-state index >= 15 is 0 Å². The first-order chi connectivity index (χ1) is 24.1. The van der Waals surface area contributed by atoms with Crippen LogP contribution in [0.4, 0.5) is 0 Å². The molecule has 0 spiro atoms. The second-order valence-corrected chi connectivity index (χ2v) is 23.3. The van der Waals surface area contributed by atoms with E-state index in [2.05, 4.69) is 75.8 Å². The number of hydrogen-bond donors (Lipinski definition) is 0. The summed E-state index contributed by atoms with van der Waals surface area (Å²) in [7, 11) is 0. The van der Waals surface area contributed by atoms with Crippen LogP contribution in [-0.2, 0) is 26.5 Å². The maximum absolute atomic E-state index is 8.44. The number of fused-ring (bicyclic) bond motifs is 3. The van der Waals surface area contributed by atoms with Gasteiger partial charge in [-0.25, -0.2) is 0 Å². The molecule has 0 aliphatic rings. The van der Waals surface area contributed by atoms with Gasteiger partial charge < -0.3 is 9.40 Å². The largest absolute Gasteiger partial charge is 0.501 e. The van der Waals surface area contributed by atoms with E-state index in [9.17, 15) is 0 Å². The normalized spacial score (nSPS) is 13.4. The van der Waals surface area contributed by atoms with Crippen LogP contribution in [0.5, 0.6) is 0 Å². The third-order valence-electron chi connectivity index (χ3n) is 7.73. The molecule has 3 nitrogen and oxygen atoms in total. The summed E-state index contributed by atoms with van der Waals surface area (Å²) in [5, 5.41) is 2.04. The second kappa shape index (κ2) is 14.9. The van der Waals surface area contributed by atoms with Crippen molar-refractivity contribution in [2.24, 2.45) is 5.92 Å². The first-order valence-corrected chi connectivity index (χ1v) is 22.9. The Morgan fingerprint density at radius 1 is 0.830 bits per heavy atom. The minimum Gasteiger partial charge on any atom is -0.501 e. The molecule has 47 heavy (non-hydrogen) atoms. The van der Waals surface area contributed by atoms with Crippen molar-refractivity contribution in [3.8, 4) is 33.6 Å². The van der Waals surface area contributed by atoms with Gasteiger partial charge in [0, 0.05) is 34.4 Å². The molecule has 7 rings (SSSR count). The average Bonchev–Trinajstić information content (AvgIpc) is 3.50. The summed E-state index contributed by atoms with van der Waals surface area (Å²) >= 11 is -1.83.